The smallest absolute Gasteiger partial charge is 0.278 e. The van der Waals surface area contributed by atoms with Crippen LogP contribution in [0.5, 0.6) is 0 Å². The number of pyridine rings is 1. The van der Waals surface area contributed by atoms with Crippen LogP contribution in [0.25, 0.3) is 27.5 Å². The molecule has 176 valence electrons. The highest BCUT2D eigenvalue weighted by Gasteiger charge is 2.28. The summed E-state index contributed by atoms with van der Waals surface area (Å²) in [6.07, 6.45) is 5.30. The zero-order valence-corrected chi connectivity index (χ0v) is 19.3. The van der Waals surface area contributed by atoms with E-state index in [-0.39, 0.29) is 11.6 Å². The summed E-state index contributed by atoms with van der Waals surface area (Å²) in [6.45, 7) is 1.82. The molecule has 2 aromatic carbocycles. The van der Waals surface area contributed by atoms with Crippen LogP contribution >= 0.6 is 0 Å². The number of fused-ring (bicyclic) bond motifs is 2. The number of hydrogen-bond donors (Lipinski definition) is 2. The van der Waals surface area contributed by atoms with Crippen LogP contribution in [-0.2, 0) is 6.54 Å². The molecule has 8 nitrogen and oxygen atoms in total. The molecule has 1 atom stereocenters. The van der Waals surface area contributed by atoms with Gasteiger partial charge in [-0.05, 0) is 36.4 Å². The lowest BCUT2D eigenvalue weighted by atomic mass is 10.1. The van der Waals surface area contributed by atoms with Crippen LogP contribution in [0.2, 0.25) is 0 Å². The maximum Gasteiger partial charge on any atom is 0.278 e. The minimum atomic E-state index is -0.159. The van der Waals surface area contributed by atoms with E-state index in [0.717, 1.165) is 47.4 Å². The van der Waals surface area contributed by atoms with E-state index in [1.807, 2.05) is 65.2 Å². The summed E-state index contributed by atoms with van der Waals surface area (Å²) in [5, 5.41) is 2.10. The van der Waals surface area contributed by atoms with Crippen LogP contribution in [0.1, 0.15) is 18.5 Å². The summed E-state index contributed by atoms with van der Waals surface area (Å²) in [7, 11) is 0. The SMILES string of the molecule is Nc1c(N2CCC[C@H](N)C2)n(-c2ccccc2)c2c(=O)n(Cc3nccc4ccccc34)cnc12. The molecular weight excluding hydrogens is 438 g/mol. The van der Waals surface area contributed by atoms with Gasteiger partial charge >= 0.3 is 0 Å². The van der Waals surface area contributed by atoms with Crippen molar-refractivity contribution in [2.45, 2.75) is 25.4 Å². The van der Waals surface area contributed by atoms with E-state index >= 15 is 0 Å². The Morgan fingerprint density at radius 2 is 1.80 bits per heavy atom. The van der Waals surface area contributed by atoms with Crippen molar-refractivity contribution < 1.29 is 0 Å². The Hall–Kier alpha value is -4.17. The molecule has 4 heterocycles. The third-order valence-electron chi connectivity index (χ3n) is 6.79. The van der Waals surface area contributed by atoms with Gasteiger partial charge in [0.1, 0.15) is 22.5 Å². The minimum Gasteiger partial charge on any atom is -0.394 e. The molecule has 1 saturated heterocycles. The molecule has 0 bridgehead atoms. The Morgan fingerprint density at radius 3 is 2.63 bits per heavy atom. The number of anilines is 2. The number of aromatic nitrogens is 4. The molecule has 35 heavy (non-hydrogen) atoms. The maximum atomic E-state index is 14.0. The van der Waals surface area contributed by atoms with Crippen LogP contribution in [0.3, 0.4) is 0 Å². The molecule has 0 saturated carbocycles. The molecule has 1 fully saturated rings. The number of para-hydroxylation sites is 1. The van der Waals surface area contributed by atoms with E-state index in [1.54, 1.807) is 17.1 Å². The van der Waals surface area contributed by atoms with E-state index in [1.165, 1.54) is 0 Å². The summed E-state index contributed by atoms with van der Waals surface area (Å²) in [6, 6.07) is 19.9. The highest BCUT2D eigenvalue weighted by atomic mass is 16.1. The first-order valence-corrected chi connectivity index (χ1v) is 11.9. The molecule has 1 aliphatic heterocycles. The second-order valence-electron chi connectivity index (χ2n) is 9.11. The quantitative estimate of drug-likeness (QED) is 0.422. The van der Waals surface area contributed by atoms with Crippen LogP contribution in [0, 0.1) is 0 Å². The van der Waals surface area contributed by atoms with E-state index in [0.29, 0.717) is 29.8 Å². The molecule has 5 aromatic rings. The van der Waals surface area contributed by atoms with Crippen molar-refractivity contribution >= 4 is 33.3 Å². The number of hydrogen-bond acceptors (Lipinski definition) is 6. The average molecular weight is 466 g/mol. The molecule has 3 aromatic heterocycles. The lowest BCUT2D eigenvalue weighted by Gasteiger charge is -2.33. The largest absolute Gasteiger partial charge is 0.394 e. The first-order valence-electron chi connectivity index (χ1n) is 11.9. The maximum absolute atomic E-state index is 14.0. The van der Waals surface area contributed by atoms with Gasteiger partial charge in [0.2, 0.25) is 0 Å². The van der Waals surface area contributed by atoms with E-state index < -0.39 is 0 Å². The first kappa shape index (κ1) is 21.4. The van der Waals surface area contributed by atoms with Gasteiger partial charge in [0.05, 0.1) is 18.6 Å². The Bertz CT molecular complexity index is 1580. The molecular formula is C27H27N7O. The molecule has 0 unspecified atom stereocenters. The first-order chi connectivity index (χ1) is 17.1. The monoisotopic (exact) mass is 465 g/mol. The zero-order valence-electron chi connectivity index (χ0n) is 19.3. The van der Waals surface area contributed by atoms with E-state index in [4.69, 9.17) is 11.5 Å². The highest BCUT2D eigenvalue weighted by Crippen LogP contribution is 2.36. The summed E-state index contributed by atoms with van der Waals surface area (Å²) in [5.74, 6) is 0.784. The zero-order chi connectivity index (χ0) is 23.9. The third kappa shape index (κ3) is 3.63. The molecule has 8 heteroatoms. The second-order valence-corrected chi connectivity index (χ2v) is 9.11. The summed E-state index contributed by atoms with van der Waals surface area (Å²) >= 11 is 0. The van der Waals surface area contributed by atoms with Crippen molar-refractivity contribution in [3.8, 4) is 5.69 Å². The minimum absolute atomic E-state index is 0.0624. The standard InChI is InChI=1S/C27H27N7O/c28-19-8-6-14-32(15-19)26-23(29)24-25(34(26)20-9-2-1-3-10-20)27(35)33(17-31-24)16-22-21-11-5-4-7-18(21)12-13-30-22/h1-5,7,9-13,17,19H,6,8,14-16,28-29H2/t19-/m0/s1. The van der Waals surface area contributed by atoms with Crippen molar-refractivity contribution in [1.29, 1.82) is 0 Å². The Balaban J connectivity index is 1.56. The van der Waals surface area contributed by atoms with Crippen molar-refractivity contribution in [3.63, 3.8) is 0 Å². The number of benzene rings is 2. The lowest BCUT2D eigenvalue weighted by Crippen LogP contribution is -2.43. The average Bonchev–Trinajstić information content (AvgIpc) is 3.19. The molecule has 0 aliphatic carbocycles. The van der Waals surface area contributed by atoms with Crippen LogP contribution < -0.4 is 21.9 Å². The van der Waals surface area contributed by atoms with Gasteiger partial charge in [0.15, 0.2) is 0 Å². The lowest BCUT2D eigenvalue weighted by molar-refractivity contribution is 0.502. The van der Waals surface area contributed by atoms with E-state index in [9.17, 15) is 4.79 Å². The molecule has 4 N–H and O–H groups in total. The number of rotatable bonds is 4. The van der Waals surface area contributed by atoms with Gasteiger partial charge in [-0.1, -0.05) is 42.5 Å². The Morgan fingerprint density at radius 1 is 1.00 bits per heavy atom. The van der Waals surface area contributed by atoms with Crippen LogP contribution in [0.15, 0.2) is 78.0 Å². The fourth-order valence-electron chi connectivity index (χ4n) is 5.13. The summed E-state index contributed by atoms with van der Waals surface area (Å²) in [4.78, 5) is 25.4. The van der Waals surface area contributed by atoms with Gasteiger partial charge < -0.3 is 16.4 Å². The van der Waals surface area contributed by atoms with Gasteiger partial charge in [0, 0.05) is 36.4 Å². The van der Waals surface area contributed by atoms with Crippen molar-refractivity contribution in [2.75, 3.05) is 23.7 Å². The Labute approximate surface area is 202 Å². The summed E-state index contributed by atoms with van der Waals surface area (Å²) < 4.78 is 3.56. The van der Waals surface area contributed by atoms with Crippen LogP contribution in [0.4, 0.5) is 11.5 Å². The Kier molecular flexibility index (Phi) is 5.22. The number of nitrogens with two attached hydrogens (primary N) is 2. The van der Waals surface area contributed by atoms with Crippen LogP contribution in [-0.4, -0.2) is 38.2 Å². The van der Waals surface area contributed by atoms with Gasteiger partial charge in [0.25, 0.3) is 5.56 Å². The predicted octanol–water partition coefficient (Wildman–Crippen LogP) is 3.29. The second kappa shape index (κ2) is 8.56. The normalized spacial score (nSPS) is 16.3. The van der Waals surface area contributed by atoms with Gasteiger partial charge in [-0.2, -0.15) is 0 Å². The van der Waals surface area contributed by atoms with Crippen molar-refractivity contribution in [3.05, 3.63) is 89.2 Å². The molecule has 0 amide bonds. The van der Waals surface area contributed by atoms with Gasteiger partial charge in [-0.3, -0.25) is 18.9 Å². The fourth-order valence-corrected chi connectivity index (χ4v) is 5.13. The topological polar surface area (TPSA) is 108 Å². The summed E-state index contributed by atoms with van der Waals surface area (Å²) in [5.41, 5.74) is 16.0. The third-order valence-corrected chi connectivity index (χ3v) is 6.79. The highest BCUT2D eigenvalue weighted by molar-refractivity contribution is 5.98. The molecule has 1 aliphatic rings. The predicted molar refractivity (Wildman–Crippen MR) is 140 cm³/mol. The number of piperidine rings is 1. The molecule has 0 spiro atoms. The number of nitrogens with zero attached hydrogens (tertiary/aromatic N) is 5. The van der Waals surface area contributed by atoms with Gasteiger partial charge in [-0.25, -0.2) is 4.98 Å². The van der Waals surface area contributed by atoms with Gasteiger partial charge in [-0.15, -0.1) is 0 Å². The number of nitrogen functional groups attached to an aromatic ring is 1. The van der Waals surface area contributed by atoms with Crippen molar-refractivity contribution in [1.82, 2.24) is 19.1 Å². The molecule has 0 radical (unpaired) electrons. The fraction of sp³-hybridized carbons (Fsp3) is 0.222. The van der Waals surface area contributed by atoms with E-state index in [2.05, 4.69) is 14.9 Å². The molecule has 6 rings (SSSR count). The van der Waals surface area contributed by atoms with Crippen molar-refractivity contribution in [2.24, 2.45) is 5.73 Å².